The van der Waals surface area contributed by atoms with Crippen molar-refractivity contribution in [3.8, 4) is 5.75 Å². The summed E-state index contributed by atoms with van der Waals surface area (Å²) < 4.78 is 11.5. The van der Waals surface area contributed by atoms with Crippen LogP contribution in [0.4, 0.5) is 5.13 Å². The molecule has 0 aliphatic carbocycles. The number of nitrogens with zero attached hydrogens (tertiary/aromatic N) is 2. The van der Waals surface area contributed by atoms with Crippen LogP contribution in [0.5, 0.6) is 5.75 Å². The van der Waals surface area contributed by atoms with Crippen LogP contribution in [0, 0.1) is 13.8 Å². The number of benzene rings is 1. The molecule has 2 unspecified atom stereocenters. The highest BCUT2D eigenvalue weighted by Gasteiger charge is 2.22. The lowest BCUT2D eigenvalue weighted by Gasteiger charge is -2.34. The zero-order chi connectivity index (χ0) is 20.1. The van der Waals surface area contributed by atoms with Crippen molar-refractivity contribution < 1.29 is 14.3 Å². The Morgan fingerprint density at radius 3 is 2.79 bits per heavy atom. The van der Waals surface area contributed by atoms with Crippen LogP contribution in [0.25, 0.3) is 0 Å². The number of aryl methyl sites for hydroxylation is 2. The molecular weight excluding hydrogens is 374 g/mol. The number of rotatable bonds is 7. The quantitative estimate of drug-likeness (QED) is 0.762. The molecule has 1 aliphatic heterocycles. The van der Waals surface area contributed by atoms with E-state index in [1.165, 1.54) is 16.9 Å². The maximum absolute atomic E-state index is 12.2. The van der Waals surface area contributed by atoms with Crippen LogP contribution in [-0.4, -0.2) is 47.7 Å². The Morgan fingerprint density at radius 2 is 2.07 bits per heavy atom. The van der Waals surface area contributed by atoms with Crippen molar-refractivity contribution in [2.45, 2.75) is 52.9 Å². The fraction of sp³-hybridized carbons (Fsp3) is 0.524. The summed E-state index contributed by atoms with van der Waals surface area (Å²) in [5.41, 5.74) is 3.26. The van der Waals surface area contributed by atoms with Crippen LogP contribution in [0.3, 0.4) is 0 Å². The van der Waals surface area contributed by atoms with Gasteiger partial charge in [-0.1, -0.05) is 17.7 Å². The third-order valence-electron chi connectivity index (χ3n) is 4.60. The van der Waals surface area contributed by atoms with Crippen LogP contribution < -0.4 is 10.1 Å². The van der Waals surface area contributed by atoms with Gasteiger partial charge in [-0.05, 0) is 39.3 Å². The Morgan fingerprint density at radius 1 is 1.32 bits per heavy atom. The Labute approximate surface area is 170 Å². The van der Waals surface area contributed by atoms with E-state index in [-0.39, 0.29) is 18.1 Å². The fourth-order valence-corrected chi connectivity index (χ4v) is 4.19. The number of carbonyl (C=O) groups excluding carboxylic acids is 1. The van der Waals surface area contributed by atoms with Gasteiger partial charge in [0.05, 0.1) is 30.9 Å². The van der Waals surface area contributed by atoms with Crippen LogP contribution in [0.15, 0.2) is 23.6 Å². The molecule has 6 nitrogen and oxygen atoms in total. The molecule has 7 heteroatoms. The van der Waals surface area contributed by atoms with Gasteiger partial charge in [-0.3, -0.25) is 9.69 Å². The number of carbonyl (C=O) groups is 1. The SMILES string of the molecule is Cc1ccc(OCCC(=O)Nc2nc(CN3CC(C)OC(C)C3)cs2)c(C)c1. The lowest BCUT2D eigenvalue weighted by Crippen LogP contribution is -2.44. The molecule has 1 aromatic heterocycles. The van der Waals surface area contributed by atoms with Crippen molar-refractivity contribution in [2.24, 2.45) is 0 Å². The van der Waals surface area contributed by atoms with Gasteiger partial charge in [0, 0.05) is 25.0 Å². The molecule has 0 bridgehead atoms. The van der Waals surface area contributed by atoms with Crippen molar-refractivity contribution in [3.63, 3.8) is 0 Å². The van der Waals surface area contributed by atoms with Crippen molar-refractivity contribution in [1.82, 2.24) is 9.88 Å². The molecule has 1 N–H and O–H groups in total. The summed E-state index contributed by atoms with van der Waals surface area (Å²) in [6.07, 6.45) is 0.762. The number of amides is 1. The molecule has 152 valence electrons. The highest BCUT2D eigenvalue weighted by molar-refractivity contribution is 7.13. The van der Waals surface area contributed by atoms with Gasteiger partial charge in [-0.15, -0.1) is 11.3 Å². The number of thiazole rings is 1. The summed E-state index contributed by atoms with van der Waals surface area (Å²) in [7, 11) is 0. The second-order valence-electron chi connectivity index (χ2n) is 7.51. The van der Waals surface area contributed by atoms with Crippen molar-refractivity contribution in [3.05, 3.63) is 40.4 Å². The second-order valence-corrected chi connectivity index (χ2v) is 8.37. The minimum absolute atomic E-state index is 0.0840. The van der Waals surface area contributed by atoms with Crippen LogP contribution in [-0.2, 0) is 16.1 Å². The third-order valence-corrected chi connectivity index (χ3v) is 5.40. The minimum atomic E-state index is -0.0840. The van der Waals surface area contributed by atoms with E-state index in [2.05, 4.69) is 35.1 Å². The molecule has 2 atom stereocenters. The van der Waals surface area contributed by atoms with Gasteiger partial charge in [0.25, 0.3) is 0 Å². The number of hydrogen-bond donors (Lipinski definition) is 1. The Hall–Kier alpha value is -1.96. The molecule has 1 aliphatic rings. The smallest absolute Gasteiger partial charge is 0.229 e. The van der Waals surface area contributed by atoms with E-state index in [1.54, 1.807) is 0 Å². The van der Waals surface area contributed by atoms with Gasteiger partial charge in [0.2, 0.25) is 5.91 Å². The number of ether oxygens (including phenoxy) is 2. The first-order chi connectivity index (χ1) is 13.4. The molecule has 1 amide bonds. The largest absolute Gasteiger partial charge is 0.493 e. The topological polar surface area (TPSA) is 63.7 Å². The number of aromatic nitrogens is 1. The second kappa shape index (κ2) is 9.49. The Bertz CT molecular complexity index is 798. The molecule has 2 aromatic rings. The van der Waals surface area contributed by atoms with E-state index in [0.29, 0.717) is 18.2 Å². The molecule has 0 saturated carbocycles. The summed E-state index contributed by atoms with van der Waals surface area (Å²) in [5, 5.41) is 5.52. The number of morpholine rings is 1. The third kappa shape index (κ3) is 6.02. The molecule has 1 saturated heterocycles. The Balaban J connectivity index is 1.43. The van der Waals surface area contributed by atoms with Crippen molar-refractivity contribution in [1.29, 1.82) is 0 Å². The first-order valence-corrected chi connectivity index (χ1v) is 10.6. The van der Waals surface area contributed by atoms with E-state index >= 15 is 0 Å². The molecule has 1 fully saturated rings. The normalized spacial score (nSPS) is 20.1. The zero-order valence-corrected chi connectivity index (χ0v) is 17.8. The summed E-state index contributed by atoms with van der Waals surface area (Å²) in [5.74, 6) is 0.739. The summed E-state index contributed by atoms with van der Waals surface area (Å²) >= 11 is 1.46. The zero-order valence-electron chi connectivity index (χ0n) is 17.0. The van der Waals surface area contributed by atoms with Crippen LogP contribution in [0.1, 0.15) is 37.1 Å². The predicted octanol–water partition coefficient (Wildman–Crippen LogP) is 3.78. The van der Waals surface area contributed by atoms with E-state index < -0.39 is 0 Å². The first kappa shape index (κ1) is 20.8. The summed E-state index contributed by atoms with van der Waals surface area (Å²) in [6.45, 7) is 11.2. The number of hydrogen-bond acceptors (Lipinski definition) is 6. The van der Waals surface area contributed by atoms with Gasteiger partial charge in [0.15, 0.2) is 5.13 Å². The summed E-state index contributed by atoms with van der Waals surface area (Å²) in [6, 6.07) is 6.03. The predicted molar refractivity (Wildman–Crippen MR) is 112 cm³/mol. The molecule has 2 heterocycles. The van der Waals surface area contributed by atoms with Crippen molar-refractivity contribution >= 4 is 22.4 Å². The van der Waals surface area contributed by atoms with Gasteiger partial charge in [-0.25, -0.2) is 4.98 Å². The average Bonchev–Trinajstić information content (AvgIpc) is 3.02. The molecular formula is C21H29N3O3S. The van der Waals surface area contributed by atoms with Crippen LogP contribution >= 0.6 is 11.3 Å². The maximum atomic E-state index is 12.2. The van der Waals surface area contributed by atoms with Gasteiger partial charge >= 0.3 is 0 Å². The maximum Gasteiger partial charge on any atom is 0.229 e. The molecule has 3 rings (SSSR count). The number of anilines is 1. The highest BCUT2D eigenvalue weighted by Crippen LogP contribution is 2.20. The van der Waals surface area contributed by atoms with E-state index in [0.717, 1.165) is 36.6 Å². The van der Waals surface area contributed by atoms with E-state index in [1.807, 2.05) is 31.4 Å². The summed E-state index contributed by atoms with van der Waals surface area (Å²) in [4.78, 5) is 19.1. The van der Waals surface area contributed by atoms with Crippen molar-refractivity contribution in [2.75, 3.05) is 25.0 Å². The molecule has 1 aromatic carbocycles. The van der Waals surface area contributed by atoms with E-state index in [9.17, 15) is 4.79 Å². The molecule has 0 spiro atoms. The average molecular weight is 404 g/mol. The molecule has 28 heavy (non-hydrogen) atoms. The lowest BCUT2D eigenvalue weighted by atomic mass is 10.1. The lowest BCUT2D eigenvalue weighted by molar-refractivity contribution is -0.116. The van der Waals surface area contributed by atoms with Gasteiger partial charge < -0.3 is 14.8 Å². The standard InChI is InChI=1S/C21H29N3O3S/c1-14-5-6-19(15(2)9-14)26-8-7-20(25)23-21-22-18(13-28-21)12-24-10-16(3)27-17(4)11-24/h5-6,9,13,16-17H,7-8,10-12H2,1-4H3,(H,22,23,25). The van der Waals surface area contributed by atoms with Gasteiger partial charge in [0.1, 0.15) is 5.75 Å². The van der Waals surface area contributed by atoms with E-state index in [4.69, 9.17) is 9.47 Å². The van der Waals surface area contributed by atoms with Gasteiger partial charge in [-0.2, -0.15) is 0 Å². The fourth-order valence-electron chi connectivity index (χ4n) is 3.48. The molecule has 0 radical (unpaired) electrons. The number of nitrogens with one attached hydrogen (secondary N) is 1. The highest BCUT2D eigenvalue weighted by atomic mass is 32.1. The minimum Gasteiger partial charge on any atom is -0.493 e. The Kier molecular flexibility index (Phi) is 7.04. The van der Waals surface area contributed by atoms with Crippen LogP contribution in [0.2, 0.25) is 0 Å². The monoisotopic (exact) mass is 403 g/mol. The first-order valence-electron chi connectivity index (χ1n) is 9.71.